The van der Waals surface area contributed by atoms with Gasteiger partial charge in [0.2, 0.25) is 5.96 Å². The zero-order chi connectivity index (χ0) is 27.5. The average Bonchev–Trinajstić information content (AvgIpc) is 2.84. The van der Waals surface area contributed by atoms with Gasteiger partial charge < -0.3 is 10.5 Å². The van der Waals surface area contributed by atoms with Crippen LogP contribution in [0.1, 0.15) is 29.2 Å². The van der Waals surface area contributed by atoms with Crippen molar-refractivity contribution in [2.24, 2.45) is 5.73 Å². The lowest BCUT2D eigenvalue weighted by atomic mass is 9.90. The summed E-state index contributed by atoms with van der Waals surface area (Å²) in [7, 11) is 1.14. The number of ether oxygens (including phenoxy) is 1. The Hall–Kier alpha value is -3.85. The van der Waals surface area contributed by atoms with Gasteiger partial charge >= 0.3 is 18.2 Å². The number of hydrogen-bond acceptors (Lipinski definition) is 5. The molecule has 37 heavy (non-hydrogen) atoms. The number of nitriles is 1. The number of benzene rings is 2. The molecule has 1 atom stereocenters. The molecule has 1 unspecified atom stereocenters. The van der Waals surface area contributed by atoms with Crippen LogP contribution in [0.25, 0.3) is 0 Å². The third-order valence-corrected chi connectivity index (χ3v) is 6.39. The highest BCUT2D eigenvalue weighted by Gasteiger charge is 2.43. The van der Waals surface area contributed by atoms with E-state index in [1.807, 2.05) is 0 Å². The summed E-state index contributed by atoms with van der Waals surface area (Å²) in [5, 5.41) is 18.6. The summed E-state index contributed by atoms with van der Waals surface area (Å²) in [5.74, 6) is -1.34. The van der Waals surface area contributed by atoms with Crippen molar-refractivity contribution in [1.29, 1.82) is 10.7 Å². The molecule has 194 valence electrons. The molecular formula is C25H23BrF3N5O3. The van der Waals surface area contributed by atoms with Crippen LogP contribution in [0, 0.1) is 16.7 Å². The second-order valence-corrected chi connectivity index (χ2v) is 8.95. The van der Waals surface area contributed by atoms with Crippen molar-refractivity contribution in [3.05, 3.63) is 76.0 Å². The molecule has 0 fully saturated rings. The molecule has 8 nitrogen and oxygen atoms in total. The van der Waals surface area contributed by atoms with Crippen molar-refractivity contribution in [2.45, 2.75) is 32.0 Å². The summed E-state index contributed by atoms with van der Waals surface area (Å²) in [4.78, 5) is 27.5. The number of hydrogen-bond donors (Lipinski definition) is 2. The lowest BCUT2D eigenvalue weighted by Crippen LogP contribution is -2.59. The number of primary amides is 1. The van der Waals surface area contributed by atoms with E-state index in [-0.39, 0.29) is 23.4 Å². The second-order valence-electron chi connectivity index (χ2n) is 8.16. The lowest BCUT2D eigenvalue weighted by Gasteiger charge is -2.43. The fourth-order valence-corrected chi connectivity index (χ4v) is 4.75. The van der Waals surface area contributed by atoms with Crippen molar-refractivity contribution in [3.63, 3.8) is 0 Å². The van der Waals surface area contributed by atoms with Gasteiger partial charge in [-0.05, 0) is 61.2 Å². The standard InChI is InChI=1S/C25H23BrF3N5O3/c1-14-21(22(35)37-2)20(11-16-7-6-15(13-30)10-17(16)8-9-26)34(24(32)36)23(31)33(14)19-5-3-4-18(12-19)25(27,28)29/h3-7,10,12,20,31H,8-9,11H2,1-2H3,(H2,32,36). The minimum atomic E-state index is -4.65. The number of nitrogens with zero attached hydrogens (tertiary/aromatic N) is 3. The molecule has 0 aromatic heterocycles. The second kappa shape index (κ2) is 11.0. The molecule has 1 heterocycles. The van der Waals surface area contributed by atoms with Crippen molar-refractivity contribution >= 4 is 39.6 Å². The highest BCUT2D eigenvalue weighted by molar-refractivity contribution is 9.09. The van der Waals surface area contributed by atoms with E-state index < -0.39 is 35.7 Å². The SMILES string of the molecule is COC(=O)C1=C(C)N(c2cccc(C(F)(F)F)c2)C(=N)N(C(N)=O)C1Cc1ccc(C#N)cc1CCBr. The maximum Gasteiger partial charge on any atom is 0.416 e. The normalized spacial score (nSPS) is 16.0. The number of alkyl halides is 4. The summed E-state index contributed by atoms with van der Waals surface area (Å²) in [5.41, 5.74) is 6.60. The summed E-state index contributed by atoms with van der Waals surface area (Å²) in [6, 6.07) is 9.10. The van der Waals surface area contributed by atoms with Gasteiger partial charge in [0.25, 0.3) is 0 Å². The van der Waals surface area contributed by atoms with Gasteiger partial charge in [0.15, 0.2) is 0 Å². The number of esters is 1. The first kappa shape index (κ1) is 27.7. The molecule has 12 heteroatoms. The summed E-state index contributed by atoms with van der Waals surface area (Å²) in [6.07, 6.45) is -4.07. The number of urea groups is 1. The molecule has 0 spiro atoms. The van der Waals surface area contributed by atoms with Gasteiger partial charge in [-0.2, -0.15) is 18.4 Å². The first-order valence-corrected chi connectivity index (χ1v) is 12.1. The monoisotopic (exact) mass is 577 g/mol. The van der Waals surface area contributed by atoms with Crippen molar-refractivity contribution in [2.75, 3.05) is 17.3 Å². The Morgan fingerprint density at radius 2 is 1.92 bits per heavy atom. The van der Waals surface area contributed by atoms with Gasteiger partial charge in [0.1, 0.15) is 0 Å². The van der Waals surface area contributed by atoms with Crippen LogP contribution in [0.3, 0.4) is 0 Å². The Bertz CT molecular complexity index is 1320. The van der Waals surface area contributed by atoms with Crippen LogP contribution in [-0.4, -0.2) is 41.3 Å². The minimum Gasteiger partial charge on any atom is -0.466 e. The zero-order valence-corrected chi connectivity index (χ0v) is 21.5. The van der Waals surface area contributed by atoms with Crippen LogP contribution < -0.4 is 10.6 Å². The quantitative estimate of drug-likeness (QED) is 0.380. The van der Waals surface area contributed by atoms with E-state index in [0.29, 0.717) is 22.9 Å². The van der Waals surface area contributed by atoms with Gasteiger partial charge in [0, 0.05) is 16.7 Å². The largest absolute Gasteiger partial charge is 0.466 e. The van der Waals surface area contributed by atoms with E-state index in [4.69, 9.17) is 15.9 Å². The van der Waals surface area contributed by atoms with Crippen LogP contribution in [0.2, 0.25) is 0 Å². The van der Waals surface area contributed by atoms with E-state index in [9.17, 15) is 28.0 Å². The van der Waals surface area contributed by atoms with Gasteiger partial charge in [-0.3, -0.25) is 15.2 Å². The predicted molar refractivity (Wildman–Crippen MR) is 134 cm³/mol. The van der Waals surface area contributed by atoms with Gasteiger partial charge in [-0.15, -0.1) is 0 Å². The van der Waals surface area contributed by atoms with E-state index in [0.717, 1.165) is 34.6 Å². The van der Waals surface area contributed by atoms with Crippen LogP contribution in [0.15, 0.2) is 53.7 Å². The number of amides is 2. The smallest absolute Gasteiger partial charge is 0.416 e. The lowest BCUT2D eigenvalue weighted by molar-refractivity contribution is -0.138. The van der Waals surface area contributed by atoms with Crippen LogP contribution in [0.5, 0.6) is 0 Å². The van der Waals surface area contributed by atoms with E-state index in [1.165, 1.54) is 19.1 Å². The van der Waals surface area contributed by atoms with E-state index in [2.05, 4.69) is 22.0 Å². The van der Waals surface area contributed by atoms with Crippen LogP contribution in [0.4, 0.5) is 23.7 Å². The summed E-state index contributed by atoms with van der Waals surface area (Å²) < 4.78 is 45.1. The average molecular weight is 578 g/mol. The van der Waals surface area contributed by atoms with E-state index >= 15 is 0 Å². The molecule has 1 aliphatic heterocycles. The molecule has 0 aliphatic carbocycles. The number of allylic oxidation sites excluding steroid dienone is 1. The Balaban J connectivity index is 2.22. The maximum atomic E-state index is 13.4. The molecule has 3 N–H and O–H groups in total. The first-order chi connectivity index (χ1) is 17.4. The number of carbonyl (C=O) groups is 2. The fraction of sp³-hybridized carbons (Fsp3) is 0.280. The molecule has 3 rings (SSSR count). The molecular weight excluding hydrogens is 555 g/mol. The maximum absolute atomic E-state index is 13.4. The number of halogens is 4. The first-order valence-electron chi connectivity index (χ1n) is 11.0. The molecule has 0 saturated heterocycles. The Kier molecular flexibility index (Phi) is 8.28. The number of methoxy groups -OCH3 is 1. The van der Waals surface area contributed by atoms with Gasteiger partial charge in [-0.25, -0.2) is 9.59 Å². The summed E-state index contributed by atoms with van der Waals surface area (Å²) >= 11 is 3.37. The van der Waals surface area contributed by atoms with E-state index in [1.54, 1.807) is 18.2 Å². The molecule has 2 aromatic rings. The number of aryl methyl sites for hydroxylation is 1. The number of rotatable bonds is 6. The fourth-order valence-electron chi connectivity index (χ4n) is 4.32. The number of nitrogens with one attached hydrogen (secondary N) is 1. The number of anilines is 1. The minimum absolute atomic E-state index is 0.0381. The highest BCUT2D eigenvalue weighted by Crippen LogP contribution is 2.36. The highest BCUT2D eigenvalue weighted by atomic mass is 79.9. The Labute approximate surface area is 219 Å². The molecule has 0 bridgehead atoms. The zero-order valence-electron chi connectivity index (χ0n) is 19.9. The van der Waals surface area contributed by atoms with Gasteiger partial charge in [-0.1, -0.05) is 28.1 Å². The predicted octanol–water partition coefficient (Wildman–Crippen LogP) is 4.71. The third kappa shape index (κ3) is 5.61. The van der Waals surface area contributed by atoms with Crippen molar-refractivity contribution in [1.82, 2.24) is 4.90 Å². The molecule has 2 amide bonds. The van der Waals surface area contributed by atoms with Crippen molar-refractivity contribution in [3.8, 4) is 6.07 Å². The molecule has 1 aliphatic rings. The Morgan fingerprint density at radius 3 is 2.49 bits per heavy atom. The number of nitrogens with two attached hydrogens (primary N) is 1. The molecule has 0 radical (unpaired) electrons. The molecule has 2 aromatic carbocycles. The number of guanidine groups is 1. The topological polar surface area (TPSA) is 124 Å². The number of carbonyl (C=O) groups excluding carboxylic acids is 2. The Morgan fingerprint density at radius 1 is 1.22 bits per heavy atom. The van der Waals surface area contributed by atoms with Gasteiger partial charge in [0.05, 0.1) is 35.9 Å². The third-order valence-electron chi connectivity index (χ3n) is 6.00. The molecule has 0 saturated carbocycles. The summed E-state index contributed by atoms with van der Waals surface area (Å²) in [6.45, 7) is 1.46. The van der Waals surface area contributed by atoms with Crippen molar-refractivity contribution < 1.29 is 27.5 Å². The van der Waals surface area contributed by atoms with Crippen LogP contribution >= 0.6 is 15.9 Å². The van der Waals surface area contributed by atoms with Crippen LogP contribution in [-0.2, 0) is 28.5 Å².